The minimum absolute atomic E-state index is 0.712. The highest BCUT2D eigenvalue weighted by Crippen LogP contribution is 2.16. The number of benzene rings is 1. The zero-order valence-electron chi connectivity index (χ0n) is 8.71. The van der Waals surface area contributed by atoms with E-state index in [1.807, 2.05) is 18.2 Å². The Labute approximate surface area is 80.7 Å². The molecule has 0 aromatic heterocycles. The van der Waals surface area contributed by atoms with Crippen LogP contribution in [0.25, 0.3) is 0 Å². The van der Waals surface area contributed by atoms with Gasteiger partial charge in [-0.05, 0) is 30.9 Å². The first kappa shape index (κ1) is 10.1. The summed E-state index contributed by atoms with van der Waals surface area (Å²) in [5, 5.41) is 0. The molecule has 13 heavy (non-hydrogen) atoms. The van der Waals surface area contributed by atoms with E-state index in [2.05, 4.69) is 26.8 Å². The molecule has 1 rings (SSSR count). The van der Waals surface area contributed by atoms with E-state index in [0.717, 1.165) is 18.8 Å². The van der Waals surface area contributed by atoms with Crippen molar-refractivity contribution < 1.29 is 4.74 Å². The van der Waals surface area contributed by atoms with E-state index in [-0.39, 0.29) is 0 Å². The van der Waals surface area contributed by atoms with Crippen LogP contribution in [0.15, 0.2) is 24.3 Å². The standard InChI is InChI=1S/C12H18O/c1-10(2)8-9-13-12-7-5-4-6-11(12)3/h4-7,10H,8-9H2,1-3H3. The van der Waals surface area contributed by atoms with Crippen molar-refractivity contribution in [2.45, 2.75) is 27.2 Å². The molecule has 0 fully saturated rings. The van der Waals surface area contributed by atoms with Crippen molar-refractivity contribution in [1.82, 2.24) is 0 Å². The second-order valence-corrected chi connectivity index (χ2v) is 3.80. The largest absolute Gasteiger partial charge is 0.493 e. The van der Waals surface area contributed by atoms with Crippen molar-refractivity contribution in [3.05, 3.63) is 29.8 Å². The molecule has 0 bridgehead atoms. The van der Waals surface area contributed by atoms with Crippen molar-refractivity contribution in [3.63, 3.8) is 0 Å². The maximum atomic E-state index is 5.65. The number of hydrogen-bond acceptors (Lipinski definition) is 1. The van der Waals surface area contributed by atoms with Crippen LogP contribution in [-0.2, 0) is 0 Å². The summed E-state index contributed by atoms with van der Waals surface area (Å²) in [7, 11) is 0. The van der Waals surface area contributed by atoms with Crippen LogP contribution >= 0.6 is 0 Å². The summed E-state index contributed by atoms with van der Waals surface area (Å²) in [4.78, 5) is 0. The Kier molecular flexibility index (Phi) is 3.81. The van der Waals surface area contributed by atoms with E-state index in [1.54, 1.807) is 0 Å². The van der Waals surface area contributed by atoms with Gasteiger partial charge in [-0.3, -0.25) is 0 Å². The highest BCUT2D eigenvalue weighted by atomic mass is 16.5. The van der Waals surface area contributed by atoms with E-state index in [0.29, 0.717) is 5.92 Å². The summed E-state index contributed by atoms with van der Waals surface area (Å²) < 4.78 is 5.65. The Morgan fingerprint density at radius 2 is 1.92 bits per heavy atom. The summed E-state index contributed by atoms with van der Waals surface area (Å²) >= 11 is 0. The number of hydrogen-bond donors (Lipinski definition) is 0. The van der Waals surface area contributed by atoms with Gasteiger partial charge in [-0.2, -0.15) is 0 Å². The van der Waals surface area contributed by atoms with Crippen molar-refractivity contribution in [3.8, 4) is 5.75 Å². The van der Waals surface area contributed by atoms with Crippen LogP contribution in [0.4, 0.5) is 0 Å². The Hall–Kier alpha value is -0.980. The Morgan fingerprint density at radius 3 is 2.54 bits per heavy atom. The monoisotopic (exact) mass is 178 g/mol. The topological polar surface area (TPSA) is 9.23 Å². The molecule has 0 radical (unpaired) electrons. The molecule has 1 aromatic carbocycles. The third-order valence-corrected chi connectivity index (χ3v) is 2.05. The summed E-state index contributed by atoms with van der Waals surface area (Å²) in [6, 6.07) is 8.14. The lowest BCUT2D eigenvalue weighted by Gasteiger charge is -2.09. The molecule has 0 atom stereocenters. The van der Waals surface area contributed by atoms with Gasteiger partial charge in [-0.1, -0.05) is 32.0 Å². The summed E-state index contributed by atoms with van der Waals surface area (Å²) in [5.41, 5.74) is 1.21. The molecule has 0 N–H and O–H groups in total. The molecule has 1 aromatic rings. The van der Waals surface area contributed by atoms with E-state index in [9.17, 15) is 0 Å². The summed E-state index contributed by atoms with van der Waals surface area (Å²) in [5.74, 6) is 1.73. The van der Waals surface area contributed by atoms with Gasteiger partial charge in [0.2, 0.25) is 0 Å². The van der Waals surface area contributed by atoms with E-state index in [1.165, 1.54) is 5.56 Å². The number of para-hydroxylation sites is 1. The van der Waals surface area contributed by atoms with Crippen molar-refractivity contribution in [1.29, 1.82) is 0 Å². The van der Waals surface area contributed by atoms with Crippen LogP contribution in [0.5, 0.6) is 5.75 Å². The predicted octanol–water partition coefficient (Wildman–Crippen LogP) is 3.42. The van der Waals surface area contributed by atoms with Gasteiger partial charge in [-0.25, -0.2) is 0 Å². The molecule has 0 saturated carbocycles. The summed E-state index contributed by atoms with van der Waals surface area (Å²) in [6.07, 6.45) is 1.12. The Balaban J connectivity index is 2.41. The van der Waals surface area contributed by atoms with Gasteiger partial charge >= 0.3 is 0 Å². The van der Waals surface area contributed by atoms with Crippen molar-refractivity contribution in [2.75, 3.05) is 6.61 Å². The smallest absolute Gasteiger partial charge is 0.122 e. The number of aryl methyl sites for hydroxylation is 1. The average molecular weight is 178 g/mol. The van der Waals surface area contributed by atoms with Crippen LogP contribution in [0.1, 0.15) is 25.8 Å². The molecule has 0 spiro atoms. The maximum absolute atomic E-state index is 5.65. The first-order valence-corrected chi connectivity index (χ1v) is 4.88. The van der Waals surface area contributed by atoms with E-state index < -0.39 is 0 Å². The van der Waals surface area contributed by atoms with Gasteiger partial charge < -0.3 is 4.74 Å². The molecule has 1 heteroatoms. The van der Waals surface area contributed by atoms with Crippen molar-refractivity contribution in [2.24, 2.45) is 5.92 Å². The molecule has 0 aliphatic heterocycles. The number of ether oxygens (including phenoxy) is 1. The normalized spacial score (nSPS) is 10.5. The fourth-order valence-electron chi connectivity index (χ4n) is 1.12. The highest BCUT2D eigenvalue weighted by molar-refractivity contribution is 5.31. The molecule has 72 valence electrons. The van der Waals surface area contributed by atoms with Crippen LogP contribution in [0.3, 0.4) is 0 Å². The summed E-state index contributed by atoms with van der Waals surface area (Å²) in [6.45, 7) is 7.32. The van der Waals surface area contributed by atoms with Gasteiger partial charge in [-0.15, -0.1) is 0 Å². The van der Waals surface area contributed by atoms with Crippen LogP contribution < -0.4 is 4.74 Å². The quantitative estimate of drug-likeness (QED) is 0.686. The van der Waals surface area contributed by atoms with Crippen LogP contribution in [-0.4, -0.2) is 6.61 Å². The van der Waals surface area contributed by atoms with Gasteiger partial charge in [0.05, 0.1) is 6.61 Å². The molecule has 0 unspecified atom stereocenters. The average Bonchev–Trinajstić information content (AvgIpc) is 2.08. The third kappa shape index (κ3) is 3.49. The van der Waals surface area contributed by atoms with Gasteiger partial charge in [0.15, 0.2) is 0 Å². The van der Waals surface area contributed by atoms with Gasteiger partial charge in [0.1, 0.15) is 5.75 Å². The highest BCUT2D eigenvalue weighted by Gasteiger charge is 1.98. The molecule has 0 heterocycles. The zero-order valence-corrected chi connectivity index (χ0v) is 8.71. The lowest BCUT2D eigenvalue weighted by Crippen LogP contribution is -2.02. The number of rotatable bonds is 4. The molecule has 0 saturated heterocycles. The van der Waals surface area contributed by atoms with Gasteiger partial charge in [0.25, 0.3) is 0 Å². The SMILES string of the molecule is Cc1ccccc1OCCC(C)C. The molecular formula is C12H18O. The minimum Gasteiger partial charge on any atom is -0.493 e. The molecule has 1 nitrogen and oxygen atoms in total. The Morgan fingerprint density at radius 1 is 1.23 bits per heavy atom. The fourth-order valence-corrected chi connectivity index (χ4v) is 1.12. The fraction of sp³-hybridized carbons (Fsp3) is 0.500. The first-order chi connectivity index (χ1) is 6.20. The Bertz CT molecular complexity index is 253. The lowest BCUT2D eigenvalue weighted by atomic mass is 10.1. The van der Waals surface area contributed by atoms with E-state index >= 15 is 0 Å². The minimum atomic E-state index is 0.712. The maximum Gasteiger partial charge on any atom is 0.122 e. The third-order valence-electron chi connectivity index (χ3n) is 2.05. The van der Waals surface area contributed by atoms with Crippen LogP contribution in [0, 0.1) is 12.8 Å². The van der Waals surface area contributed by atoms with E-state index in [4.69, 9.17) is 4.74 Å². The molecule has 0 aliphatic rings. The molecule has 0 aliphatic carbocycles. The predicted molar refractivity (Wildman–Crippen MR) is 56.1 cm³/mol. The first-order valence-electron chi connectivity index (χ1n) is 4.88. The van der Waals surface area contributed by atoms with Crippen molar-refractivity contribution >= 4 is 0 Å². The molecule has 0 amide bonds. The second-order valence-electron chi connectivity index (χ2n) is 3.80. The second kappa shape index (κ2) is 4.90. The molecular weight excluding hydrogens is 160 g/mol. The zero-order chi connectivity index (χ0) is 9.68. The van der Waals surface area contributed by atoms with Crippen LogP contribution in [0.2, 0.25) is 0 Å². The lowest BCUT2D eigenvalue weighted by molar-refractivity contribution is 0.288. The van der Waals surface area contributed by atoms with Gasteiger partial charge in [0, 0.05) is 0 Å².